The highest BCUT2D eigenvalue weighted by Crippen LogP contribution is 2.27. The highest BCUT2D eigenvalue weighted by Gasteiger charge is 2.24. The van der Waals surface area contributed by atoms with E-state index in [1.54, 1.807) is 0 Å². The van der Waals surface area contributed by atoms with Gasteiger partial charge in [0.25, 0.3) is 0 Å². The van der Waals surface area contributed by atoms with E-state index < -0.39 is 0 Å². The number of halogens is 2. The Morgan fingerprint density at radius 2 is 1.33 bits per heavy atom. The summed E-state index contributed by atoms with van der Waals surface area (Å²) in [5.41, 5.74) is 0. The van der Waals surface area contributed by atoms with Gasteiger partial charge in [0.1, 0.15) is 18.2 Å². The van der Waals surface area contributed by atoms with Crippen LogP contribution in [0.5, 0.6) is 0 Å². The third-order valence-electron chi connectivity index (χ3n) is 5.92. The number of esters is 1. The Labute approximate surface area is 191 Å². The second-order valence-electron chi connectivity index (χ2n) is 7.94. The largest absolute Gasteiger partial charge is 0.465 e. The van der Waals surface area contributed by atoms with Crippen molar-refractivity contribution in [2.24, 2.45) is 0 Å². The van der Waals surface area contributed by atoms with Gasteiger partial charge in [-0.3, -0.25) is 9.69 Å². The van der Waals surface area contributed by atoms with Gasteiger partial charge in [-0.15, -0.1) is 24.8 Å². The van der Waals surface area contributed by atoms with Gasteiger partial charge in [-0.05, 0) is 25.7 Å². The van der Waals surface area contributed by atoms with E-state index in [2.05, 4.69) is 25.7 Å². The minimum absolute atomic E-state index is 0. The number of ether oxygens (including phenoxy) is 1. The molecule has 0 atom stereocenters. The molecule has 0 spiro atoms. The first-order chi connectivity index (χ1) is 13.7. The van der Waals surface area contributed by atoms with Crippen molar-refractivity contribution >= 4 is 48.4 Å². The molecule has 4 heterocycles. The van der Waals surface area contributed by atoms with E-state index in [1.165, 1.54) is 32.6 Å². The highest BCUT2D eigenvalue weighted by atomic mass is 35.5. The lowest BCUT2D eigenvalue weighted by molar-refractivity contribution is -0.141. The summed E-state index contributed by atoms with van der Waals surface area (Å²) in [6, 6.07) is 2.18. The monoisotopic (exact) mass is 460 g/mol. The minimum atomic E-state index is -0.205. The Hall–Kier alpha value is -1.51. The fourth-order valence-electron chi connectivity index (χ4n) is 4.26. The van der Waals surface area contributed by atoms with Gasteiger partial charge in [0.05, 0.1) is 0 Å². The summed E-state index contributed by atoms with van der Waals surface area (Å²) >= 11 is 0. The Kier molecular flexibility index (Phi) is 9.71. The van der Waals surface area contributed by atoms with Crippen LogP contribution in [-0.2, 0) is 9.53 Å². The summed E-state index contributed by atoms with van der Waals surface area (Å²) in [5.74, 6) is 2.83. The number of hydrogen-bond acceptors (Lipinski definition) is 8. The maximum absolute atomic E-state index is 10.9. The van der Waals surface area contributed by atoms with Crippen molar-refractivity contribution < 1.29 is 9.53 Å². The molecule has 3 aliphatic heterocycles. The van der Waals surface area contributed by atoms with E-state index in [0.29, 0.717) is 6.61 Å². The van der Waals surface area contributed by atoms with Crippen molar-refractivity contribution in [2.45, 2.75) is 32.6 Å². The summed E-state index contributed by atoms with van der Waals surface area (Å²) in [7, 11) is 0. The molecule has 1 aromatic rings. The fourth-order valence-corrected chi connectivity index (χ4v) is 4.26. The van der Waals surface area contributed by atoms with Crippen LogP contribution in [0.25, 0.3) is 0 Å². The molecule has 0 aromatic carbocycles. The fraction of sp³-hybridized carbons (Fsp3) is 0.750. The van der Waals surface area contributed by atoms with Crippen molar-refractivity contribution in [3.63, 3.8) is 0 Å². The normalized spacial score (nSPS) is 19.4. The van der Waals surface area contributed by atoms with Gasteiger partial charge in [-0.2, -0.15) is 9.97 Å². The minimum Gasteiger partial charge on any atom is -0.465 e. The van der Waals surface area contributed by atoms with Crippen LogP contribution in [0, 0.1) is 0 Å². The molecule has 8 nitrogen and oxygen atoms in total. The number of hydrogen-bond donors (Lipinski definition) is 0. The maximum Gasteiger partial charge on any atom is 0.302 e. The first-order valence-electron chi connectivity index (χ1n) is 10.7. The number of carbonyl (C=O) groups excluding carboxylic acids is 1. The number of piperazine rings is 1. The zero-order valence-electron chi connectivity index (χ0n) is 17.8. The van der Waals surface area contributed by atoms with E-state index in [0.717, 1.165) is 76.5 Å². The summed E-state index contributed by atoms with van der Waals surface area (Å²) in [4.78, 5) is 30.3. The van der Waals surface area contributed by atoms with Crippen molar-refractivity contribution in [1.29, 1.82) is 0 Å². The molecule has 4 rings (SSSR count). The second kappa shape index (κ2) is 11.8. The quantitative estimate of drug-likeness (QED) is 0.598. The Bertz CT molecular complexity index is 641. The van der Waals surface area contributed by atoms with Gasteiger partial charge >= 0.3 is 5.97 Å². The summed E-state index contributed by atoms with van der Waals surface area (Å²) in [6.07, 6.45) is 4.96. The van der Waals surface area contributed by atoms with Gasteiger partial charge in [0.2, 0.25) is 5.95 Å². The van der Waals surface area contributed by atoms with E-state index in [-0.39, 0.29) is 30.8 Å². The molecule has 10 heteroatoms. The molecule has 0 amide bonds. The van der Waals surface area contributed by atoms with Crippen LogP contribution in [0.4, 0.5) is 17.6 Å². The number of aromatic nitrogens is 2. The average Bonchev–Trinajstić information content (AvgIpc) is 3.42. The lowest BCUT2D eigenvalue weighted by Crippen LogP contribution is -2.47. The number of rotatable bonds is 6. The molecule has 1 aromatic heterocycles. The van der Waals surface area contributed by atoms with Crippen LogP contribution >= 0.6 is 24.8 Å². The average molecular weight is 461 g/mol. The summed E-state index contributed by atoms with van der Waals surface area (Å²) in [6.45, 7) is 10.9. The van der Waals surface area contributed by atoms with Crippen LogP contribution in [-0.4, -0.2) is 86.3 Å². The molecule has 0 bridgehead atoms. The van der Waals surface area contributed by atoms with E-state index in [4.69, 9.17) is 14.7 Å². The third-order valence-corrected chi connectivity index (χ3v) is 5.92. The lowest BCUT2D eigenvalue weighted by Gasteiger charge is -2.36. The zero-order valence-corrected chi connectivity index (χ0v) is 19.4. The molecule has 30 heavy (non-hydrogen) atoms. The molecule has 3 saturated heterocycles. The van der Waals surface area contributed by atoms with E-state index in [9.17, 15) is 4.79 Å². The maximum atomic E-state index is 10.9. The standard InChI is InChI=1S/C20H32N6O2.2ClH/c1-17(27)28-15-14-23-10-12-25(13-11-23)19-16-18(24-6-2-3-7-24)21-20(22-19)26-8-4-5-9-26;;/h16H,2-15H2,1H3;2*1H. The summed E-state index contributed by atoms with van der Waals surface area (Å²) < 4.78 is 5.08. The van der Waals surface area contributed by atoms with Crippen LogP contribution in [0.15, 0.2) is 6.07 Å². The number of carbonyl (C=O) groups is 1. The van der Waals surface area contributed by atoms with Crippen molar-refractivity contribution in [3.8, 4) is 0 Å². The Morgan fingerprint density at radius 1 is 0.833 bits per heavy atom. The number of nitrogens with zero attached hydrogens (tertiary/aromatic N) is 6. The predicted molar refractivity (Wildman–Crippen MR) is 125 cm³/mol. The molecule has 3 aliphatic rings. The Morgan fingerprint density at radius 3 is 1.87 bits per heavy atom. The Balaban J connectivity index is 0.00000160. The summed E-state index contributed by atoms with van der Waals surface area (Å²) in [5, 5.41) is 0. The van der Waals surface area contributed by atoms with Crippen LogP contribution in [0.2, 0.25) is 0 Å². The van der Waals surface area contributed by atoms with Gasteiger partial charge in [0, 0.05) is 71.9 Å². The highest BCUT2D eigenvalue weighted by molar-refractivity contribution is 5.85. The topological polar surface area (TPSA) is 65.0 Å². The van der Waals surface area contributed by atoms with Gasteiger partial charge < -0.3 is 19.4 Å². The van der Waals surface area contributed by atoms with Crippen molar-refractivity contribution in [2.75, 3.05) is 80.2 Å². The SMILES string of the molecule is CC(=O)OCCN1CCN(c2cc(N3CCCC3)nc(N3CCCC3)n2)CC1.Cl.Cl. The van der Waals surface area contributed by atoms with Gasteiger partial charge in [-0.1, -0.05) is 0 Å². The second-order valence-corrected chi connectivity index (χ2v) is 7.94. The predicted octanol–water partition coefficient (Wildman–Crippen LogP) is 2.21. The van der Waals surface area contributed by atoms with Crippen molar-refractivity contribution in [3.05, 3.63) is 6.07 Å². The van der Waals surface area contributed by atoms with E-state index >= 15 is 0 Å². The van der Waals surface area contributed by atoms with Gasteiger partial charge in [0.15, 0.2) is 0 Å². The molecule has 0 radical (unpaired) electrons. The third kappa shape index (κ3) is 6.25. The molecule has 0 unspecified atom stereocenters. The lowest BCUT2D eigenvalue weighted by atomic mass is 10.3. The molecule has 0 aliphatic carbocycles. The number of anilines is 3. The molecule has 170 valence electrons. The van der Waals surface area contributed by atoms with Crippen molar-refractivity contribution in [1.82, 2.24) is 14.9 Å². The zero-order chi connectivity index (χ0) is 19.3. The first-order valence-corrected chi connectivity index (χ1v) is 10.7. The van der Waals surface area contributed by atoms with Crippen LogP contribution < -0.4 is 14.7 Å². The molecular formula is C20H34Cl2N6O2. The first kappa shape index (κ1) is 24.8. The van der Waals surface area contributed by atoms with Crippen LogP contribution in [0.1, 0.15) is 32.6 Å². The molecule has 3 fully saturated rings. The molecule has 0 saturated carbocycles. The molecular weight excluding hydrogens is 427 g/mol. The van der Waals surface area contributed by atoms with Crippen LogP contribution in [0.3, 0.4) is 0 Å². The molecule has 0 N–H and O–H groups in total. The van der Waals surface area contributed by atoms with Gasteiger partial charge in [-0.25, -0.2) is 0 Å². The van der Waals surface area contributed by atoms with E-state index in [1.807, 2.05) is 0 Å². The smallest absolute Gasteiger partial charge is 0.302 e.